The lowest BCUT2D eigenvalue weighted by Crippen LogP contribution is -2.25. The summed E-state index contributed by atoms with van der Waals surface area (Å²) in [6, 6.07) is 9.23. The van der Waals surface area contributed by atoms with Crippen LogP contribution < -0.4 is 14.2 Å². The molecule has 2 rings (SSSR count). The second kappa shape index (κ2) is 9.96. The lowest BCUT2D eigenvalue weighted by Gasteiger charge is -2.15. The topological polar surface area (TPSA) is 71.1 Å². The van der Waals surface area contributed by atoms with Crippen molar-refractivity contribution < 1.29 is 28.5 Å². The molecule has 2 aromatic rings. The maximum atomic E-state index is 12.6. The van der Waals surface area contributed by atoms with Crippen LogP contribution in [0.3, 0.4) is 0 Å². The molecule has 0 aliphatic rings. The molecular formula is C23H28O6. The van der Waals surface area contributed by atoms with Gasteiger partial charge in [-0.15, -0.1) is 0 Å². The van der Waals surface area contributed by atoms with Gasteiger partial charge in [-0.1, -0.05) is 17.7 Å². The van der Waals surface area contributed by atoms with Crippen LogP contribution in [0.5, 0.6) is 17.2 Å². The van der Waals surface area contributed by atoms with Crippen LogP contribution in [-0.4, -0.2) is 39.2 Å². The Balaban J connectivity index is 2.02. The molecule has 156 valence electrons. The molecule has 0 heterocycles. The zero-order chi connectivity index (χ0) is 21.6. The monoisotopic (exact) mass is 400 g/mol. The number of Topliss-reactive ketones (excluding diaryl/α,β-unsaturated/α-hetero) is 1. The van der Waals surface area contributed by atoms with Gasteiger partial charge < -0.3 is 18.9 Å². The lowest BCUT2D eigenvalue weighted by molar-refractivity contribution is -0.146. The Morgan fingerprint density at radius 2 is 1.55 bits per heavy atom. The van der Waals surface area contributed by atoms with Gasteiger partial charge in [0.1, 0.15) is 0 Å². The molecule has 0 aliphatic carbocycles. The first-order chi connectivity index (χ1) is 13.8. The van der Waals surface area contributed by atoms with Gasteiger partial charge in [0.2, 0.25) is 11.5 Å². The van der Waals surface area contributed by atoms with Crippen molar-refractivity contribution in [2.45, 2.75) is 39.7 Å². The number of carbonyl (C=O) groups excluding carboxylic acids is 2. The molecule has 6 heteroatoms. The Labute approximate surface area is 171 Å². The predicted molar refractivity (Wildman–Crippen MR) is 110 cm³/mol. The number of hydrogen-bond donors (Lipinski definition) is 0. The third kappa shape index (κ3) is 5.50. The number of aryl methyl sites for hydroxylation is 3. The summed E-state index contributed by atoms with van der Waals surface area (Å²) in [6.07, 6.45) is -0.300. The first-order valence-electron chi connectivity index (χ1n) is 9.40. The van der Waals surface area contributed by atoms with E-state index in [1.54, 1.807) is 19.1 Å². The molecule has 0 N–H and O–H groups in total. The smallest absolute Gasteiger partial charge is 0.306 e. The van der Waals surface area contributed by atoms with Crippen LogP contribution in [0.4, 0.5) is 0 Å². The number of rotatable bonds is 9. The van der Waals surface area contributed by atoms with Crippen LogP contribution in [0.1, 0.15) is 40.4 Å². The van der Waals surface area contributed by atoms with Crippen molar-refractivity contribution in [2.24, 2.45) is 0 Å². The molecule has 0 amide bonds. The Hall–Kier alpha value is -3.02. The van der Waals surface area contributed by atoms with Crippen LogP contribution in [-0.2, 0) is 16.0 Å². The van der Waals surface area contributed by atoms with Crippen LogP contribution in [0, 0.1) is 13.8 Å². The number of methoxy groups -OCH3 is 3. The molecule has 6 nitrogen and oxygen atoms in total. The molecular weight excluding hydrogens is 372 g/mol. The molecule has 0 fully saturated rings. The van der Waals surface area contributed by atoms with Crippen molar-refractivity contribution in [2.75, 3.05) is 21.3 Å². The van der Waals surface area contributed by atoms with Crippen molar-refractivity contribution in [3.8, 4) is 17.2 Å². The average Bonchev–Trinajstić information content (AvgIpc) is 2.72. The minimum absolute atomic E-state index is 0.128. The van der Waals surface area contributed by atoms with E-state index in [9.17, 15) is 9.59 Å². The van der Waals surface area contributed by atoms with Gasteiger partial charge in [0.15, 0.2) is 17.6 Å². The van der Waals surface area contributed by atoms with Crippen molar-refractivity contribution in [1.82, 2.24) is 0 Å². The van der Waals surface area contributed by atoms with Crippen LogP contribution in [0.25, 0.3) is 0 Å². The molecule has 0 spiro atoms. The molecule has 0 radical (unpaired) electrons. The third-order valence-corrected chi connectivity index (χ3v) is 4.68. The van der Waals surface area contributed by atoms with E-state index in [0.29, 0.717) is 29.2 Å². The van der Waals surface area contributed by atoms with Gasteiger partial charge in [-0.05, 0) is 56.5 Å². The Kier molecular flexibility index (Phi) is 7.65. The number of ketones is 1. The minimum Gasteiger partial charge on any atom is -0.493 e. The zero-order valence-electron chi connectivity index (χ0n) is 17.8. The normalized spacial score (nSPS) is 11.5. The van der Waals surface area contributed by atoms with Gasteiger partial charge >= 0.3 is 5.97 Å². The van der Waals surface area contributed by atoms with Crippen molar-refractivity contribution in [1.29, 1.82) is 0 Å². The quantitative estimate of drug-likeness (QED) is 0.467. The molecule has 0 saturated heterocycles. The van der Waals surface area contributed by atoms with Crippen LogP contribution in [0.15, 0.2) is 30.3 Å². The summed E-state index contributed by atoms with van der Waals surface area (Å²) in [5, 5.41) is 0. The van der Waals surface area contributed by atoms with E-state index >= 15 is 0 Å². The fourth-order valence-corrected chi connectivity index (χ4v) is 3.06. The molecule has 29 heavy (non-hydrogen) atoms. The molecule has 0 aliphatic heterocycles. The third-order valence-electron chi connectivity index (χ3n) is 4.68. The summed E-state index contributed by atoms with van der Waals surface area (Å²) >= 11 is 0. The molecule has 0 bridgehead atoms. The van der Waals surface area contributed by atoms with Crippen molar-refractivity contribution in [3.05, 3.63) is 52.6 Å². The number of ether oxygens (including phenoxy) is 4. The van der Waals surface area contributed by atoms with E-state index < -0.39 is 12.1 Å². The SMILES string of the molecule is COc1cc(CCC(=O)O[C@H](C)C(=O)c2cc(C)ccc2C)cc(OC)c1OC. The van der Waals surface area contributed by atoms with Gasteiger partial charge in [0.25, 0.3) is 0 Å². The van der Waals surface area contributed by atoms with Crippen LogP contribution in [0.2, 0.25) is 0 Å². The van der Waals surface area contributed by atoms with Crippen molar-refractivity contribution >= 4 is 11.8 Å². The molecule has 0 aromatic heterocycles. The standard InChI is InChI=1S/C23H28O6/c1-14-7-8-15(2)18(11-14)22(25)16(3)29-21(24)10-9-17-12-19(26-4)23(28-6)20(13-17)27-5/h7-8,11-13,16H,9-10H2,1-6H3/t16-/m1/s1. The second-order valence-corrected chi connectivity index (χ2v) is 6.85. The van der Waals surface area contributed by atoms with E-state index in [-0.39, 0.29) is 12.2 Å². The van der Waals surface area contributed by atoms with E-state index in [2.05, 4.69) is 0 Å². The van der Waals surface area contributed by atoms with Gasteiger partial charge in [-0.3, -0.25) is 9.59 Å². The summed E-state index contributed by atoms with van der Waals surface area (Å²) < 4.78 is 21.3. The van der Waals surface area contributed by atoms with E-state index in [1.165, 1.54) is 21.3 Å². The highest BCUT2D eigenvalue weighted by molar-refractivity contribution is 6.01. The Bertz CT molecular complexity index is 862. The van der Waals surface area contributed by atoms with Gasteiger partial charge in [0, 0.05) is 12.0 Å². The summed E-state index contributed by atoms with van der Waals surface area (Å²) in [5.41, 5.74) is 3.26. The van der Waals surface area contributed by atoms with Gasteiger partial charge in [-0.25, -0.2) is 0 Å². The molecule has 1 atom stereocenters. The average molecular weight is 400 g/mol. The van der Waals surface area contributed by atoms with Crippen LogP contribution >= 0.6 is 0 Å². The van der Waals surface area contributed by atoms with Crippen molar-refractivity contribution in [3.63, 3.8) is 0 Å². The molecule has 0 saturated carbocycles. The summed E-state index contributed by atoms with van der Waals surface area (Å²) in [6.45, 7) is 5.39. The first kappa shape index (κ1) is 22.3. The maximum absolute atomic E-state index is 12.6. The number of esters is 1. The van der Waals surface area contributed by atoms with Gasteiger partial charge in [-0.2, -0.15) is 0 Å². The van der Waals surface area contributed by atoms with E-state index in [4.69, 9.17) is 18.9 Å². The number of hydrogen-bond acceptors (Lipinski definition) is 6. The summed E-state index contributed by atoms with van der Waals surface area (Å²) in [4.78, 5) is 24.9. The predicted octanol–water partition coefficient (Wildman–Crippen LogP) is 4.08. The van der Waals surface area contributed by atoms with E-state index in [0.717, 1.165) is 16.7 Å². The largest absolute Gasteiger partial charge is 0.493 e. The zero-order valence-corrected chi connectivity index (χ0v) is 17.8. The highest BCUT2D eigenvalue weighted by Crippen LogP contribution is 2.38. The second-order valence-electron chi connectivity index (χ2n) is 6.85. The summed E-state index contributed by atoms with van der Waals surface area (Å²) in [7, 11) is 4.61. The Morgan fingerprint density at radius 3 is 2.10 bits per heavy atom. The minimum atomic E-state index is -0.845. The fourth-order valence-electron chi connectivity index (χ4n) is 3.06. The molecule has 2 aromatic carbocycles. The summed E-state index contributed by atoms with van der Waals surface area (Å²) in [5.74, 6) is 0.897. The Morgan fingerprint density at radius 1 is 0.931 bits per heavy atom. The maximum Gasteiger partial charge on any atom is 0.306 e. The number of carbonyl (C=O) groups is 2. The number of benzene rings is 2. The highest BCUT2D eigenvalue weighted by Gasteiger charge is 2.21. The molecule has 0 unspecified atom stereocenters. The highest BCUT2D eigenvalue weighted by atomic mass is 16.5. The van der Waals surface area contributed by atoms with Gasteiger partial charge in [0.05, 0.1) is 21.3 Å². The fraction of sp³-hybridized carbons (Fsp3) is 0.391. The first-order valence-corrected chi connectivity index (χ1v) is 9.40. The lowest BCUT2D eigenvalue weighted by atomic mass is 9.99. The van der Waals surface area contributed by atoms with E-state index in [1.807, 2.05) is 32.0 Å².